The fourth-order valence-corrected chi connectivity index (χ4v) is 2.45. The summed E-state index contributed by atoms with van der Waals surface area (Å²) in [5.41, 5.74) is 3.64. The van der Waals surface area contributed by atoms with Crippen LogP contribution in [0.4, 0.5) is 0 Å². The maximum absolute atomic E-state index is 11.5. The number of ketones is 1. The second-order valence-electron chi connectivity index (χ2n) is 5.30. The number of rotatable bonds is 3. The molecule has 0 N–H and O–H groups in total. The molecule has 1 fully saturated rings. The van der Waals surface area contributed by atoms with Gasteiger partial charge in [-0.3, -0.25) is 9.48 Å². The van der Waals surface area contributed by atoms with E-state index in [-0.39, 0.29) is 5.78 Å². The van der Waals surface area contributed by atoms with Crippen molar-refractivity contribution in [1.29, 1.82) is 0 Å². The molecule has 0 amide bonds. The van der Waals surface area contributed by atoms with Gasteiger partial charge in [0.2, 0.25) is 0 Å². The van der Waals surface area contributed by atoms with E-state index in [9.17, 15) is 4.79 Å². The number of nitrogens with zero attached hydrogens (tertiary/aromatic N) is 4. The summed E-state index contributed by atoms with van der Waals surface area (Å²) in [6, 6.07) is 4.53. The van der Waals surface area contributed by atoms with Gasteiger partial charge in [-0.05, 0) is 25.8 Å². The van der Waals surface area contributed by atoms with Crippen molar-refractivity contribution in [3.05, 3.63) is 42.5 Å². The molecule has 3 aromatic heterocycles. The van der Waals surface area contributed by atoms with Gasteiger partial charge in [-0.25, -0.2) is 4.52 Å². The van der Waals surface area contributed by atoms with E-state index in [4.69, 9.17) is 0 Å². The predicted molar refractivity (Wildman–Crippen MR) is 74.7 cm³/mol. The topological polar surface area (TPSA) is 52.2 Å². The van der Waals surface area contributed by atoms with Crippen LogP contribution < -0.4 is 0 Å². The number of carbonyl (C=O) groups excluding carboxylic acids is 1. The molecule has 5 nitrogen and oxygen atoms in total. The molecule has 0 radical (unpaired) electrons. The van der Waals surface area contributed by atoms with Crippen molar-refractivity contribution in [1.82, 2.24) is 19.4 Å². The minimum absolute atomic E-state index is 0.0364. The number of Topliss-reactive ketones (excluding diaryl/α,β-unsaturated/α-hetero) is 1. The van der Waals surface area contributed by atoms with Gasteiger partial charge in [0, 0.05) is 23.5 Å². The molecular weight excluding hydrogens is 252 g/mol. The normalized spacial score (nSPS) is 14.8. The first kappa shape index (κ1) is 11.4. The lowest BCUT2D eigenvalue weighted by atomic mass is 10.1. The number of pyridine rings is 1. The van der Waals surface area contributed by atoms with Gasteiger partial charge in [0.25, 0.3) is 0 Å². The van der Waals surface area contributed by atoms with Gasteiger partial charge in [-0.1, -0.05) is 6.07 Å². The summed E-state index contributed by atoms with van der Waals surface area (Å²) in [7, 11) is 0. The number of hydrogen-bond acceptors (Lipinski definition) is 3. The Kier molecular flexibility index (Phi) is 2.30. The van der Waals surface area contributed by atoms with Crippen LogP contribution in [0.2, 0.25) is 0 Å². The van der Waals surface area contributed by atoms with Crippen molar-refractivity contribution in [2.45, 2.75) is 25.8 Å². The van der Waals surface area contributed by atoms with Crippen LogP contribution in [-0.2, 0) is 0 Å². The van der Waals surface area contributed by atoms with Crippen LogP contribution in [0, 0.1) is 0 Å². The van der Waals surface area contributed by atoms with E-state index >= 15 is 0 Å². The van der Waals surface area contributed by atoms with E-state index in [1.165, 1.54) is 12.8 Å². The Morgan fingerprint density at radius 1 is 1.15 bits per heavy atom. The van der Waals surface area contributed by atoms with E-state index in [1.54, 1.807) is 17.6 Å². The van der Waals surface area contributed by atoms with E-state index in [0.717, 1.165) is 16.6 Å². The van der Waals surface area contributed by atoms with Gasteiger partial charge in [-0.2, -0.15) is 10.2 Å². The Morgan fingerprint density at radius 3 is 2.75 bits per heavy atom. The smallest absolute Gasteiger partial charge is 0.163 e. The standard InChI is InChI=1S/C15H14N4O/c1-10(20)14-7-17-19-8-11(2-5-15(14)19)12-6-16-18(9-12)13-3-4-13/h2,5-9,13H,3-4H2,1H3. The molecule has 0 saturated heterocycles. The third-order valence-corrected chi connectivity index (χ3v) is 3.75. The molecule has 3 aromatic rings. The van der Waals surface area contributed by atoms with Crippen molar-refractivity contribution >= 4 is 11.3 Å². The second-order valence-corrected chi connectivity index (χ2v) is 5.30. The molecule has 5 heteroatoms. The predicted octanol–water partition coefficient (Wildman–Crippen LogP) is 2.74. The van der Waals surface area contributed by atoms with Gasteiger partial charge in [0.1, 0.15) is 0 Å². The molecular formula is C15H14N4O. The molecule has 0 spiro atoms. The maximum atomic E-state index is 11.5. The lowest BCUT2D eigenvalue weighted by molar-refractivity contribution is 0.101. The SMILES string of the molecule is CC(=O)c1cnn2cc(-c3cnn(C4CC4)c3)ccc12. The van der Waals surface area contributed by atoms with Gasteiger partial charge in [-0.15, -0.1) is 0 Å². The highest BCUT2D eigenvalue weighted by atomic mass is 16.1. The first-order valence-electron chi connectivity index (χ1n) is 6.75. The fourth-order valence-electron chi connectivity index (χ4n) is 2.45. The number of hydrogen-bond donors (Lipinski definition) is 0. The third-order valence-electron chi connectivity index (χ3n) is 3.75. The lowest BCUT2D eigenvalue weighted by Gasteiger charge is -2.00. The summed E-state index contributed by atoms with van der Waals surface area (Å²) >= 11 is 0. The molecule has 1 aliphatic carbocycles. The monoisotopic (exact) mass is 266 g/mol. The Morgan fingerprint density at radius 2 is 2.00 bits per heavy atom. The Balaban J connectivity index is 1.77. The molecule has 100 valence electrons. The van der Waals surface area contributed by atoms with Crippen LogP contribution in [0.15, 0.2) is 36.9 Å². The fraction of sp³-hybridized carbons (Fsp3) is 0.267. The van der Waals surface area contributed by atoms with E-state index in [1.807, 2.05) is 29.2 Å². The largest absolute Gasteiger partial charge is 0.294 e. The van der Waals surface area contributed by atoms with Gasteiger partial charge in [0.15, 0.2) is 5.78 Å². The minimum atomic E-state index is 0.0364. The van der Waals surface area contributed by atoms with E-state index < -0.39 is 0 Å². The molecule has 3 heterocycles. The Bertz CT molecular complexity index is 810. The van der Waals surface area contributed by atoms with Crippen molar-refractivity contribution in [3.63, 3.8) is 0 Å². The molecule has 0 aromatic carbocycles. The highest BCUT2D eigenvalue weighted by Crippen LogP contribution is 2.35. The van der Waals surface area contributed by atoms with E-state index in [0.29, 0.717) is 11.6 Å². The lowest BCUT2D eigenvalue weighted by Crippen LogP contribution is -1.93. The number of fused-ring (bicyclic) bond motifs is 1. The summed E-state index contributed by atoms with van der Waals surface area (Å²) in [4.78, 5) is 11.5. The van der Waals surface area contributed by atoms with Crippen molar-refractivity contribution in [2.24, 2.45) is 0 Å². The molecule has 0 unspecified atom stereocenters. The Labute approximate surface area is 115 Å². The third kappa shape index (κ3) is 1.74. The van der Waals surface area contributed by atoms with Crippen LogP contribution in [0.5, 0.6) is 0 Å². The summed E-state index contributed by atoms with van der Waals surface area (Å²) in [5.74, 6) is 0.0364. The zero-order valence-electron chi connectivity index (χ0n) is 11.2. The molecule has 1 saturated carbocycles. The van der Waals surface area contributed by atoms with Gasteiger partial charge in [0.05, 0.1) is 29.5 Å². The minimum Gasteiger partial charge on any atom is -0.294 e. The van der Waals surface area contributed by atoms with Crippen LogP contribution in [0.1, 0.15) is 36.2 Å². The highest BCUT2D eigenvalue weighted by molar-refractivity contribution is 6.00. The molecule has 0 aliphatic heterocycles. The highest BCUT2D eigenvalue weighted by Gasteiger charge is 2.24. The zero-order chi connectivity index (χ0) is 13.7. The quantitative estimate of drug-likeness (QED) is 0.685. The number of aromatic nitrogens is 4. The Hall–Kier alpha value is -2.43. The van der Waals surface area contributed by atoms with Crippen molar-refractivity contribution < 1.29 is 4.79 Å². The number of carbonyl (C=O) groups is 1. The first-order valence-corrected chi connectivity index (χ1v) is 6.75. The van der Waals surface area contributed by atoms with Gasteiger partial charge < -0.3 is 0 Å². The first-order chi connectivity index (χ1) is 9.72. The molecule has 1 aliphatic rings. The summed E-state index contributed by atoms with van der Waals surface area (Å²) in [6.07, 6.45) is 9.97. The molecule has 20 heavy (non-hydrogen) atoms. The summed E-state index contributed by atoms with van der Waals surface area (Å²) in [5, 5.41) is 8.65. The average molecular weight is 266 g/mol. The van der Waals surface area contributed by atoms with E-state index in [2.05, 4.69) is 16.4 Å². The van der Waals surface area contributed by atoms with Crippen LogP contribution in [0.3, 0.4) is 0 Å². The molecule has 0 bridgehead atoms. The molecule has 0 atom stereocenters. The molecule has 4 rings (SSSR count). The second kappa shape index (κ2) is 4.03. The van der Waals surface area contributed by atoms with Crippen molar-refractivity contribution in [3.8, 4) is 11.1 Å². The van der Waals surface area contributed by atoms with Crippen LogP contribution in [-0.4, -0.2) is 25.2 Å². The van der Waals surface area contributed by atoms with Crippen molar-refractivity contribution in [2.75, 3.05) is 0 Å². The zero-order valence-corrected chi connectivity index (χ0v) is 11.2. The summed E-state index contributed by atoms with van der Waals surface area (Å²) < 4.78 is 3.78. The average Bonchev–Trinajstić information content (AvgIpc) is 3.03. The maximum Gasteiger partial charge on any atom is 0.163 e. The van der Waals surface area contributed by atoms with Crippen LogP contribution >= 0.6 is 0 Å². The van der Waals surface area contributed by atoms with Crippen LogP contribution in [0.25, 0.3) is 16.6 Å². The van der Waals surface area contributed by atoms with Gasteiger partial charge >= 0.3 is 0 Å². The summed E-state index contributed by atoms with van der Waals surface area (Å²) in [6.45, 7) is 1.56.